The molecule has 0 aromatic carbocycles. The highest BCUT2D eigenvalue weighted by Crippen LogP contribution is 2.25. The largest absolute Gasteiger partial charge is 0.480 e. The zero-order valence-electron chi connectivity index (χ0n) is 8.72. The van der Waals surface area contributed by atoms with Gasteiger partial charge in [0.15, 0.2) is 0 Å². The van der Waals surface area contributed by atoms with Gasteiger partial charge in [0.1, 0.15) is 11.8 Å². The van der Waals surface area contributed by atoms with E-state index in [1.807, 2.05) is 24.0 Å². The van der Waals surface area contributed by atoms with E-state index >= 15 is 0 Å². The van der Waals surface area contributed by atoms with Crippen molar-refractivity contribution in [2.45, 2.75) is 25.9 Å². The van der Waals surface area contributed by atoms with Crippen molar-refractivity contribution in [2.75, 3.05) is 6.54 Å². The fourth-order valence-corrected chi connectivity index (χ4v) is 2.21. The Bertz CT molecular complexity index is 334. The van der Waals surface area contributed by atoms with Gasteiger partial charge < -0.3 is 9.52 Å². The van der Waals surface area contributed by atoms with E-state index in [0.717, 1.165) is 18.7 Å². The van der Waals surface area contributed by atoms with Gasteiger partial charge in [-0.15, -0.1) is 0 Å². The summed E-state index contributed by atoms with van der Waals surface area (Å²) in [4.78, 5) is 13.0. The van der Waals surface area contributed by atoms with Gasteiger partial charge in [0.25, 0.3) is 0 Å². The zero-order chi connectivity index (χ0) is 10.8. The molecule has 82 valence electrons. The Kier molecular flexibility index (Phi) is 2.77. The van der Waals surface area contributed by atoms with E-state index in [1.165, 1.54) is 0 Å². The Morgan fingerprint density at radius 1 is 1.73 bits per heavy atom. The molecule has 2 unspecified atom stereocenters. The van der Waals surface area contributed by atoms with Crippen LogP contribution >= 0.6 is 0 Å². The minimum Gasteiger partial charge on any atom is -0.480 e. The second-order valence-electron chi connectivity index (χ2n) is 4.10. The molecule has 0 spiro atoms. The van der Waals surface area contributed by atoms with Gasteiger partial charge in [0.2, 0.25) is 0 Å². The van der Waals surface area contributed by atoms with Gasteiger partial charge in [-0.05, 0) is 31.0 Å². The summed E-state index contributed by atoms with van der Waals surface area (Å²) in [6.07, 6.45) is 2.56. The number of carboxylic acid groups (broad SMARTS) is 1. The Hall–Kier alpha value is -1.29. The molecular formula is C11H15NO3. The van der Waals surface area contributed by atoms with Crippen molar-refractivity contribution in [2.24, 2.45) is 5.92 Å². The highest BCUT2D eigenvalue weighted by Gasteiger charge is 2.36. The molecule has 1 aliphatic heterocycles. The van der Waals surface area contributed by atoms with E-state index in [9.17, 15) is 4.79 Å². The summed E-state index contributed by atoms with van der Waals surface area (Å²) in [5, 5.41) is 9.11. The van der Waals surface area contributed by atoms with E-state index in [-0.39, 0.29) is 12.0 Å². The molecule has 2 atom stereocenters. The first-order valence-corrected chi connectivity index (χ1v) is 5.17. The Balaban J connectivity index is 2.06. The van der Waals surface area contributed by atoms with E-state index in [2.05, 4.69) is 0 Å². The third-order valence-corrected chi connectivity index (χ3v) is 3.00. The van der Waals surface area contributed by atoms with Crippen LogP contribution in [0.1, 0.15) is 19.1 Å². The summed E-state index contributed by atoms with van der Waals surface area (Å²) in [6.45, 7) is 3.41. The molecule has 0 amide bonds. The molecular weight excluding hydrogens is 194 g/mol. The lowest BCUT2D eigenvalue weighted by molar-refractivity contribution is -0.143. The molecule has 4 nitrogen and oxygen atoms in total. The molecule has 1 aromatic rings. The van der Waals surface area contributed by atoms with Crippen LogP contribution in [0, 0.1) is 5.92 Å². The molecule has 2 heterocycles. The second-order valence-corrected chi connectivity index (χ2v) is 4.10. The van der Waals surface area contributed by atoms with Gasteiger partial charge in [0, 0.05) is 0 Å². The molecule has 1 aromatic heterocycles. The third-order valence-electron chi connectivity index (χ3n) is 3.00. The number of rotatable bonds is 3. The summed E-state index contributed by atoms with van der Waals surface area (Å²) in [5.74, 6) is 0.319. The number of nitrogens with zero attached hydrogens (tertiary/aromatic N) is 1. The maximum absolute atomic E-state index is 11.1. The van der Waals surface area contributed by atoms with Gasteiger partial charge in [-0.2, -0.15) is 0 Å². The first-order chi connectivity index (χ1) is 7.18. The lowest BCUT2D eigenvalue weighted by Gasteiger charge is -2.21. The summed E-state index contributed by atoms with van der Waals surface area (Å²) < 4.78 is 5.22. The normalized spacial score (nSPS) is 27.0. The number of hydrogen-bond donors (Lipinski definition) is 1. The number of furan rings is 1. The molecule has 2 rings (SSSR count). The minimum atomic E-state index is -0.730. The molecule has 15 heavy (non-hydrogen) atoms. The minimum absolute atomic E-state index is 0.220. The van der Waals surface area contributed by atoms with Crippen LogP contribution in [0.2, 0.25) is 0 Å². The standard InChI is InChI=1S/C11H15NO3/c1-8-4-5-12(10(8)11(13)14)7-9-3-2-6-15-9/h2-3,6,8,10H,4-5,7H2,1H3,(H,13,14). The van der Waals surface area contributed by atoms with Crippen LogP contribution in [-0.2, 0) is 11.3 Å². The molecule has 4 heteroatoms. The smallest absolute Gasteiger partial charge is 0.321 e. The van der Waals surface area contributed by atoms with Crippen LogP contribution in [0.5, 0.6) is 0 Å². The van der Waals surface area contributed by atoms with E-state index in [0.29, 0.717) is 6.54 Å². The lowest BCUT2D eigenvalue weighted by Crippen LogP contribution is -2.38. The van der Waals surface area contributed by atoms with E-state index in [1.54, 1.807) is 6.26 Å². The quantitative estimate of drug-likeness (QED) is 0.821. The fourth-order valence-electron chi connectivity index (χ4n) is 2.21. The SMILES string of the molecule is CC1CCN(Cc2ccco2)C1C(=O)O. The molecule has 0 aliphatic carbocycles. The maximum atomic E-state index is 11.1. The third kappa shape index (κ3) is 2.04. The summed E-state index contributed by atoms with van der Waals surface area (Å²) in [7, 11) is 0. The fraction of sp³-hybridized carbons (Fsp3) is 0.545. The van der Waals surface area contributed by atoms with Crippen LogP contribution in [0.4, 0.5) is 0 Å². The first kappa shape index (κ1) is 10.2. The van der Waals surface area contributed by atoms with Crippen LogP contribution in [0.3, 0.4) is 0 Å². The number of hydrogen-bond acceptors (Lipinski definition) is 3. The van der Waals surface area contributed by atoms with Gasteiger partial charge in [-0.3, -0.25) is 9.69 Å². The Labute approximate surface area is 88.5 Å². The van der Waals surface area contributed by atoms with Gasteiger partial charge in [-0.25, -0.2) is 0 Å². The topological polar surface area (TPSA) is 53.7 Å². The van der Waals surface area contributed by atoms with E-state index < -0.39 is 5.97 Å². The first-order valence-electron chi connectivity index (χ1n) is 5.17. The van der Waals surface area contributed by atoms with E-state index in [4.69, 9.17) is 9.52 Å². The Morgan fingerprint density at radius 3 is 3.13 bits per heavy atom. The molecule has 1 aliphatic rings. The van der Waals surface area contributed by atoms with Crippen LogP contribution in [-0.4, -0.2) is 28.6 Å². The summed E-state index contributed by atoms with van der Waals surface area (Å²) in [6, 6.07) is 3.34. The van der Waals surface area contributed by atoms with Gasteiger partial charge in [-0.1, -0.05) is 6.92 Å². The second kappa shape index (κ2) is 4.06. The average Bonchev–Trinajstić information content (AvgIpc) is 2.76. The molecule has 1 fully saturated rings. The van der Waals surface area contributed by atoms with Crippen molar-refractivity contribution < 1.29 is 14.3 Å². The number of likely N-dealkylation sites (tertiary alicyclic amines) is 1. The Morgan fingerprint density at radius 2 is 2.53 bits per heavy atom. The van der Waals surface area contributed by atoms with Gasteiger partial charge >= 0.3 is 5.97 Å². The molecule has 1 saturated heterocycles. The highest BCUT2D eigenvalue weighted by atomic mass is 16.4. The van der Waals surface area contributed by atoms with Crippen molar-refractivity contribution >= 4 is 5.97 Å². The summed E-state index contributed by atoms with van der Waals surface area (Å²) in [5.41, 5.74) is 0. The predicted molar refractivity (Wildman–Crippen MR) is 54.3 cm³/mol. The lowest BCUT2D eigenvalue weighted by atomic mass is 10.0. The van der Waals surface area contributed by atoms with Crippen molar-refractivity contribution in [3.05, 3.63) is 24.2 Å². The molecule has 0 saturated carbocycles. The van der Waals surface area contributed by atoms with Crippen molar-refractivity contribution in [1.29, 1.82) is 0 Å². The monoisotopic (exact) mass is 209 g/mol. The van der Waals surface area contributed by atoms with Crippen LogP contribution < -0.4 is 0 Å². The zero-order valence-corrected chi connectivity index (χ0v) is 8.72. The molecule has 1 N–H and O–H groups in total. The van der Waals surface area contributed by atoms with Crippen LogP contribution in [0.25, 0.3) is 0 Å². The maximum Gasteiger partial charge on any atom is 0.321 e. The average molecular weight is 209 g/mol. The summed E-state index contributed by atoms with van der Waals surface area (Å²) >= 11 is 0. The number of carbonyl (C=O) groups is 1. The number of aliphatic carboxylic acids is 1. The predicted octanol–water partition coefficient (Wildman–Crippen LogP) is 1.57. The molecule has 0 radical (unpaired) electrons. The molecule has 0 bridgehead atoms. The highest BCUT2D eigenvalue weighted by molar-refractivity contribution is 5.74. The van der Waals surface area contributed by atoms with Crippen LogP contribution in [0.15, 0.2) is 22.8 Å². The van der Waals surface area contributed by atoms with Crippen molar-refractivity contribution in [3.63, 3.8) is 0 Å². The number of carboxylic acids is 1. The van der Waals surface area contributed by atoms with Crippen molar-refractivity contribution in [1.82, 2.24) is 4.90 Å². The van der Waals surface area contributed by atoms with Crippen molar-refractivity contribution in [3.8, 4) is 0 Å². The van der Waals surface area contributed by atoms with Gasteiger partial charge in [0.05, 0.1) is 12.8 Å².